The van der Waals surface area contributed by atoms with Gasteiger partial charge in [-0.15, -0.1) is 0 Å². The Bertz CT molecular complexity index is 914. The monoisotopic (exact) mass is 437 g/mol. The van der Waals surface area contributed by atoms with Crippen LogP contribution in [-0.4, -0.2) is 42.7 Å². The quantitative estimate of drug-likeness (QED) is 0.557. The topological polar surface area (TPSA) is 126 Å². The van der Waals surface area contributed by atoms with Crippen LogP contribution in [0.25, 0.3) is 0 Å². The number of aliphatic imine (C=N–C) groups is 1. The number of rotatable bonds is 5. The number of halogens is 2. The van der Waals surface area contributed by atoms with E-state index in [0.717, 1.165) is 0 Å². The highest BCUT2D eigenvalue weighted by atomic mass is 35.5. The van der Waals surface area contributed by atoms with E-state index in [-0.39, 0.29) is 35.1 Å². The molecule has 1 aromatic carbocycles. The zero-order valence-corrected chi connectivity index (χ0v) is 17.6. The minimum atomic E-state index is -1.33. The van der Waals surface area contributed by atoms with E-state index in [0.29, 0.717) is 36.9 Å². The summed E-state index contributed by atoms with van der Waals surface area (Å²) < 4.78 is 13.6. The molecule has 1 aliphatic heterocycles. The van der Waals surface area contributed by atoms with Gasteiger partial charge in [0.1, 0.15) is 17.1 Å². The lowest BCUT2D eigenvalue weighted by atomic mass is 9.69. The fourth-order valence-corrected chi connectivity index (χ4v) is 4.54. The first kappa shape index (κ1) is 22.2. The number of hydrogen-bond donors (Lipinski definition) is 4. The van der Waals surface area contributed by atoms with Gasteiger partial charge in [-0.25, -0.2) is 4.39 Å². The fourth-order valence-electron chi connectivity index (χ4n) is 4.34. The van der Waals surface area contributed by atoms with Gasteiger partial charge >= 0.3 is 0 Å². The Labute approximate surface area is 178 Å². The van der Waals surface area contributed by atoms with E-state index in [1.165, 1.54) is 19.2 Å². The Hall–Kier alpha value is -2.52. The Morgan fingerprint density at radius 1 is 1.27 bits per heavy atom. The van der Waals surface area contributed by atoms with Crippen molar-refractivity contribution in [3.8, 4) is 0 Å². The van der Waals surface area contributed by atoms with Gasteiger partial charge in [-0.3, -0.25) is 24.7 Å². The first-order chi connectivity index (χ1) is 14.2. The molecule has 3 amide bonds. The molecule has 1 aliphatic carbocycles. The van der Waals surface area contributed by atoms with Crippen LogP contribution in [0.15, 0.2) is 17.1 Å². The number of carbonyl (C=O) groups excluding carboxylic acids is 3. The summed E-state index contributed by atoms with van der Waals surface area (Å²) in [6, 6.07) is 2.67. The smallest absolute Gasteiger partial charge is 0.267 e. The second kappa shape index (κ2) is 8.69. The minimum Gasteiger partial charge on any atom is -0.368 e. The molecule has 2 aliphatic rings. The molecule has 1 atom stereocenters. The Morgan fingerprint density at radius 2 is 1.93 bits per heavy atom. The summed E-state index contributed by atoms with van der Waals surface area (Å²) in [5, 5.41) is 8.42. The maximum absolute atomic E-state index is 13.6. The summed E-state index contributed by atoms with van der Waals surface area (Å²) >= 11 is 6.04. The van der Waals surface area contributed by atoms with Gasteiger partial charge in [0.2, 0.25) is 11.8 Å². The highest BCUT2D eigenvalue weighted by molar-refractivity contribution is 6.47. The van der Waals surface area contributed by atoms with Crippen LogP contribution in [0.3, 0.4) is 0 Å². The number of nitrogens with one attached hydrogen (secondary N) is 3. The Morgan fingerprint density at radius 3 is 2.53 bits per heavy atom. The van der Waals surface area contributed by atoms with Gasteiger partial charge in [-0.1, -0.05) is 11.6 Å². The van der Waals surface area contributed by atoms with Crippen molar-refractivity contribution >= 4 is 40.7 Å². The second-order valence-corrected chi connectivity index (χ2v) is 8.12. The molecule has 162 valence electrons. The van der Waals surface area contributed by atoms with Crippen molar-refractivity contribution in [2.24, 2.45) is 22.6 Å². The summed E-state index contributed by atoms with van der Waals surface area (Å²) in [4.78, 5) is 41.5. The van der Waals surface area contributed by atoms with Gasteiger partial charge in [-0.2, -0.15) is 0 Å². The minimum absolute atomic E-state index is 0.0963. The van der Waals surface area contributed by atoms with E-state index < -0.39 is 23.2 Å². The first-order valence-electron chi connectivity index (χ1n) is 9.79. The molecule has 5 N–H and O–H groups in total. The van der Waals surface area contributed by atoms with Gasteiger partial charge in [0.05, 0.1) is 17.4 Å². The SMILES string of the molecule is CNC(=O)C1=NCNC1(C(N)=O)C1CCC(C(=O)Nc2cc(C)c(F)cc2Cl)CC1. The predicted molar refractivity (Wildman–Crippen MR) is 112 cm³/mol. The number of aryl methyl sites for hydroxylation is 1. The molecule has 0 saturated heterocycles. The van der Waals surface area contributed by atoms with Crippen molar-refractivity contribution in [2.45, 2.75) is 38.1 Å². The van der Waals surface area contributed by atoms with Crippen LogP contribution in [0.1, 0.15) is 31.2 Å². The molecule has 10 heteroatoms. The van der Waals surface area contributed by atoms with Crippen LogP contribution in [0.5, 0.6) is 0 Å². The molecule has 1 unspecified atom stereocenters. The van der Waals surface area contributed by atoms with E-state index >= 15 is 0 Å². The highest BCUT2D eigenvalue weighted by Gasteiger charge is 2.54. The molecule has 1 fully saturated rings. The summed E-state index contributed by atoms with van der Waals surface area (Å²) in [5.74, 6) is -2.30. The molecular weight excluding hydrogens is 413 g/mol. The van der Waals surface area contributed by atoms with Crippen molar-refractivity contribution < 1.29 is 18.8 Å². The van der Waals surface area contributed by atoms with E-state index in [9.17, 15) is 18.8 Å². The summed E-state index contributed by atoms with van der Waals surface area (Å²) in [6.45, 7) is 1.73. The highest BCUT2D eigenvalue weighted by Crippen LogP contribution is 2.38. The number of carbonyl (C=O) groups is 3. The van der Waals surface area contributed by atoms with Crippen LogP contribution in [0.4, 0.5) is 10.1 Å². The Balaban J connectivity index is 1.70. The van der Waals surface area contributed by atoms with Crippen molar-refractivity contribution in [2.75, 3.05) is 19.0 Å². The van der Waals surface area contributed by atoms with Gasteiger partial charge in [0.15, 0.2) is 0 Å². The van der Waals surface area contributed by atoms with Gasteiger partial charge in [-0.05, 0) is 56.2 Å². The molecule has 0 bridgehead atoms. The number of amides is 3. The van der Waals surface area contributed by atoms with Crippen molar-refractivity contribution in [1.82, 2.24) is 10.6 Å². The average Bonchev–Trinajstić information content (AvgIpc) is 3.18. The van der Waals surface area contributed by atoms with Crippen LogP contribution in [0.2, 0.25) is 5.02 Å². The number of nitrogens with two attached hydrogens (primary N) is 1. The third-order valence-electron chi connectivity index (χ3n) is 6.02. The summed E-state index contributed by atoms with van der Waals surface area (Å²) in [7, 11) is 1.47. The predicted octanol–water partition coefficient (Wildman–Crippen LogP) is 1.50. The summed E-state index contributed by atoms with van der Waals surface area (Å²) in [6.07, 6.45) is 2.04. The number of anilines is 1. The van der Waals surface area contributed by atoms with Crippen LogP contribution >= 0.6 is 11.6 Å². The lowest BCUT2D eigenvalue weighted by Gasteiger charge is -2.39. The number of benzene rings is 1. The lowest BCUT2D eigenvalue weighted by molar-refractivity contribution is -0.126. The fraction of sp³-hybridized carbons (Fsp3) is 0.500. The molecular formula is C20H25ClFN5O3. The van der Waals surface area contributed by atoms with Crippen LogP contribution in [-0.2, 0) is 14.4 Å². The molecule has 1 saturated carbocycles. The molecule has 8 nitrogen and oxygen atoms in total. The maximum Gasteiger partial charge on any atom is 0.267 e. The van der Waals surface area contributed by atoms with E-state index in [1.54, 1.807) is 6.92 Å². The molecule has 1 aromatic rings. The molecule has 30 heavy (non-hydrogen) atoms. The standard InChI is InChI=1S/C20H25ClFN5O3/c1-10-7-15(13(21)8-14(10)22)27-17(28)11-3-5-12(6-4-11)20(19(23)30)16(18(29)24-2)25-9-26-20/h7-8,11-12,26H,3-6,9H2,1-2H3,(H2,23,30)(H,24,29)(H,27,28). The van der Waals surface area contributed by atoms with Gasteiger partial charge < -0.3 is 16.4 Å². The third-order valence-corrected chi connectivity index (χ3v) is 6.33. The second-order valence-electron chi connectivity index (χ2n) is 7.71. The van der Waals surface area contributed by atoms with Crippen molar-refractivity contribution in [1.29, 1.82) is 0 Å². The average molecular weight is 438 g/mol. The van der Waals surface area contributed by atoms with E-state index in [1.807, 2.05) is 0 Å². The molecule has 0 aromatic heterocycles. The number of nitrogens with zero attached hydrogens (tertiary/aromatic N) is 1. The van der Waals surface area contributed by atoms with Crippen LogP contribution < -0.4 is 21.7 Å². The normalized spacial score (nSPS) is 26.1. The van der Waals surface area contributed by atoms with Crippen molar-refractivity contribution in [3.05, 3.63) is 28.5 Å². The zero-order valence-electron chi connectivity index (χ0n) is 16.9. The largest absolute Gasteiger partial charge is 0.368 e. The number of primary amides is 1. The van der Waals surface area contributed by atoms with Gasteiger partial charge in [0, 0.05) is 13.0 Å². The van der Waals surface area contributed by atoms with E-state index in [4.69, 9.17) is 17.3 Å². The zero-order chi connectivity index (χ0) is 22.1. The third kappa shape index (κ3) is 3.91. The molecule has 1 heterocycles. The summed E-state index contributed by atoms with van der Waals surface area (Å²) in [5.41, 5.74) is 5.21. The van der Waals surface area contributed by atoms with E-state index in [2.05, 4.69) is 20.9 Å². The van der Waals surface area contributed by atoms with Gasteiger partial charge in [0.25, 0.3) is 5.91 Å². The molecule has 3 rings (SSSR count). The molecule has 0 spiro atoms. The Kier molecular flexibility index (Phi) is 6.42. The lowest BCUT2D eigenvalue weighted by Crippen LogP contribution is -2.65. The maximum atomic E-state index is 13.6. The first-order valence-corrected chi connectivity index (χ1v) is 10.2. The van der Waals surface area contributed by atoms with Crippen molar-refractivity contribution in [3.63, 3.8) is 0 Å². The van der Waals surface area contributed by atoms with Crippen LogP contribution in [0, 0.1) is 24.6 Å². The molecule has 0 radical (unpaired) electrons. The number of hydrogen-bond acceptors (Lipinski definition) is 5.